The monoisotopic (exact) mass is 688 g/mol. The van der Waals surface area contributed by atoms with Gasteiger partial charge in [0.15, 0.2) is 28.7 Å². The van der Waals surface area contributed by atoms with Crippen molar-refractivity contribution in [1.82, 2.24) is 19.6 Å². The molecule has 7 rings (SSSR count). The number of para-hydroxylation sites is 1. The molecule has 12 heteroatoms. The molecule has 0 radical (unpaired) electrons. The lowest BCUT2D eigenvalue weighted by Gasteiger charge is -2.28. The number of benzene rings is 3. The third-order valence-electron chi connectivity index (χ3n) is 6.90. The number of ether oxygens (including phenoxy) is 3. The molecule has 0 spiro atoms. The van der Waals surface area contributed by atoms with Crippen LogP contribution in [0.5, 0.6) is 23.1 Å². The van der Waals surface area contributed by atoms with E-state index >= 15 is 0 Å². The van der Waals surface area contributed by atoms with E-state index < -0.39 is 17.5 Å². The summed E-state index contributed by atoms with van der Waals surface area (Å²) in [5, 5.41) is 5.27. The van der Waals surface area contributed by atoms with Crippen LogP contribution in [0.2, 0.25) is 0 Å². The molecule has 42 heavy (non-hydrogen) atoms. The Labute approximate surface area is 254 Å². The Morgan fingerprint density at radius 2 is 1.83 bits per heavy atom. The minimum atomic E-state index is -0.764. The zero-order valence-corrected chi connectivity index (χ0v) is 25.1. The summed E-state index contributed by atoms with van der Waals surface area (Å²) in [6.07, 6.45) is 1.53. The van der Waals surface area contributed by atoms with Crippen molar-refractivity contribution in [3.63, 3.8) is 0 Å². The van der Waals surface area contributed by atoms with Crippen LogP contribution in [-0.4, -0.2) is 32.7 Å². The van der Waals surface area contributed by atoms with Crippen molar-refractivity contribution in [3.8, 4) is 34.5 Å². The van der Waals surface area contributed by atoms with E-state index in [4.69, 9.17) is 23.6 Å². The number of aromatic nitrogens is 4. The second kappa shape index (κ2) is 10.1. The zero-order valence-electron chi connectivity index (χ0n) is 21.9. The fraction of sp³-hybridized carbons (Fsp3) is 0.100. The van der Waals surface area contributed by atoms with Gasteiger partial charge >= 0.3 is 11.6 Å². The summed E-state index contributed by atoms with van der Waals surface area (Å²) in [6.45, 7) is 1.30. The molecule has 3 aromatic carbocycles. The highest BCUT2D eigenvalue weighted by Gasteiger charge is 2.38. The predicted molar refractivity (Wildman–Crippen MR) is 159 cm³/mol. The third kappa shape index (κ3) is 4.25. The number of rotatable bonds is 4. The first kappa shape index (κ1) is 26.4. The lowest BCUT2D eigenvalue weighted by molar-refractivity contribution is -0.132. The molecule has 1 aliphatic heterocycles. The molecular formula is C30H18Br2N4O6. The van der Waals surface area contributed by atoms with Gasteiger partial charge in [-0.2, -0.15) is 0 Å². The second-order valence-corrected chi connectivity index (χ2v) is 11.2. The molecule has 4 heterocycles. The van der Waals surface area contributed by atoms with Crippen LogP contribution in [0.3, 0.4) is 0 Å². The molecule has 1 aliphatic rings. The smallest absolute Gasteiger partial charge is 0.344 e. The number of carbonyl (C=O) groups is 1. The lowest BCUT2D eigenvalue weighted by atomic mass is 9.84. The first-order chi connectivity index (χ1) is 20.3. The van der Waals surface area contributed by atoms with E-state index in [1.165, 1.54) is 20.4 Å². The summed E-state index contributed by atoms with van der Waals surface area (Å²) in [6, 6.07) is 18.2. The number of nitrogens with zero attached hydrogens (tertiary/aromatic N) is 4. The van der Waals surface area contributed by atoms with Crippen molar-refractivity contribution in [1.29, 1.82) is 0 Å². The summed E-state index contributed by atoms with van der Waals surface area (Å²) < 4.78 is 26.1. The van der Waals surface area contributed by atoms with E-state index in [1.54, 1.807) is 28.8 Å². The Hall–Kier alpha value is -4.55. The quantitative estimate of drug-likeness (QED) is 0.114. The van der Waals surface area contributed by atoms with Crippen LogP contribution >= 0.6 is 31.9 Å². The van der Waals surface area contributed by atoms with Gasteiger partial charge in [0, 0.05) is 17.0 Å². The molecule has 1 atom stereocenters. The van der Waals surface area contributed by atoms with Crippen molar-refractivity contribution in [3.05, 3.63) is 103 Å². The van der Waals surface area contributed by atoms with Gasteiger partial charge in [-0.15, -0.1) is 5.10 Å². The minimum Gasteiger partial charge on any atom is -0.493 e. The van der Waals surface area contributed by atoms with E-state index in [2.05, 4.69) is 41.9 Å². The summed E-state index contributed by atoms with van der Waals surface area (Å²) in [5.74, 6) is 0.295. The molecule has 0 fully saturated rings. The third-order valence-corrected chi connectivity index (χ3v) is 8.01. The standard InChI is InChI=1S/C30H18Br2N4O6/c1-14(37)40-26-19(32)11-16(12-21(26)39-2)22-23-25(18-5-3-4-6-20(18)41-30(23)38)42-29-24(22)28-34-27(35-36(28)13-33-29)15-7-9-17(31)10-8-15/h3-13,22H,1-2H3. The Balaban J connectivity index is 1.53. The summed E-state index contributed by atoms with van der Waals surface area (Å²) in [7, 11) is 1.47. The maximum Gasteiger partial charge on any atom is 0.344 e. The highest BCUT2D eigenvalue weighted by molar-refractivity contribution is 9.10. The van der Waals surface area contributed by atoms with Crippen LogP contribution in [0, 0.1) is 0 Å². The maximum atomic E-state index is 13.7. The average molecular weight is 690 g/mol. The highest BCUT2D eigenvalue weighted by Crippen LogP contribution is 2.51. The molecule has 6 aromatic rings. The molecular weight excluding hydrogens is 672 g/mol. The van der Waals surface area contributed by atoms with Gasteiger partial charge in [0.05, 0.1) is 34.0 Å². The summed E-state index contributed by atoms with van der Waals surface area (Å²) in [5.41, 5.74) is 2.44. The van der Waals surface area contributed by atoms with Gasteiger partial charge in [-0.1, -0.05) is 40.2 Å². The topological polar surface area (TPSA) is 118 Å². The average Bonchev–Trinajstić information content (AvgIpc) is 3.42. The summed E-state index contributed by atoms with van der Waals surface area (Å²) in [4.78, 5) is 34.9. The number of hydrogen-bond donors (Lipinski definition) is 0. The van der Waals surface area contributed by atoms with Gasteiger partial charge < -0.3 is 18.6 Å². The largest absolute Gasteiger partial charge is 0.493 e. The van der Waals surface area contributed by atoms with E-state index in [0.29, 0.717) is 43.8 Å². The van der Waals surface area contributed by atoms with Crippen molar-refractivity contribution in [2.24, 2.45) is 0 Å². The van der Waals surface area contributed by atoms with Gasteiger partial charge in [-0.05, 0) is 57.9 Å². The normalized spacial score (nSPS) is 13.9. The molecule has 0 saturated heterocycles. The molecule has 1 unspecified atom stereocenters. The Morgan fingerprint density at radius 1 is 1.05 bits per heavy atom. The molecule has 0 bridgehead atoms. The summed E-state index contributed by atoms with van der Waals surface area (Å²) >= 11 is 6.98. The second-order valence-electron chi connectivity index (χ2n) is 9.47. The first-order valence-corrected chi connectivity index (χ1v) is 14.2. The van der Waals surface area contributed by atoms with Gasteiger partial charge in [0.1, 0.15) is 11.9 Å². The fourth-order valence-electron chi connectivity index (χ4n) is 5.13. The molecule has 0 amide bonds. The Kier molecular flexibility index (Phi) is 6.32. The van der Waals surface area contributed by atoms with Crippen LogP contribution < -0.4 is 19.8 Å². The van der Waals surface area contributed by atoms with E-state index in [-0.39, 0.29) is 22.9 Å². The maximum absolute atomic E-state index is 13.7. The number of carbonyl (C=O) groups excluding carboxylic acids is 1. The van der Waals surface area contributed by atoms with E-state index in [0.717, 1.165) is 10.0 Å². The molecule has 0 aliphatic carbocycles. The molecule has 0 N–H and O–H groups in total. The molecule has 10 nitrogen and oxygen atoms in total. The zero-order chi connectivity index (χ0) is 29.1. The van der Waals surface area contributed by atoms with Gasteiger partial charge in [-0.3, -0.25) is 4.79 Å². The van der Waals surface area contributed by atoms with Crippen molar-refractivity contribution < 1.29 is 23.4 Å². The van der Waals surface area contributed by atoms with Crippen molar-refractivity contribution in [2.45, 2.75) is 12.8 Å². The highest BCUT2D eigenvalue weighted by atomic mass is 79.9. The first-order valence-electron chi connectivity index (χ1n) is 12.6. The Bertz CT molecular complexity index is 2120. The van der Waals surface area contributed by atoms with Crippen LogP contribution in [0.15, 0.2) is 85.1 Å². The SMILES string of the molecule is COc1cc(C2c3c(c4ccccc4oc3=O)Oc3ncn4nc(-c5ccc(Br)cc5)nc4c32)cc(Br)c1OC(C)=O. The molecule has 3 aromatic heterocycles. The Morgan fingerprint density at radius 3 is 2.60 bits per heavy atom. The predicted octanol–water partition coefficient (Wildman–Crippen LogP) is 6.64. The molecule has 208 valence electrons. The van der Waals surface area contributed by atoms with Crippen molar-refractivity contribution >= 4 is 54.4 Å². The van der Waals surface area contributed by atoms with Crippen LogP contribution in [0.1, 0.15) is 29.5 Å². The van der Waals surface area contributed by atoms with E-state index in [1.807, 2.05) is 36.4 Å². The van der Waals surface area contributed by atoms with E-state index in [9.17, 15) is 9.59 Å². The molecule has 0 saturated carbocycles. The van der Waals surface area contributed by atoms with Gasteiger partial charge in [0.25, 0.3) is 0 Å². The van der Waals surface area contributed by atoms with Gasteiger partial charge in [-0.25, -0.2) is 19.3 Å². The lowest BCUT2D eigenvalue weighted by Crippen LogP contribution is -2.22. The number of esters is 1. The van der Waals surface area contributed by atoms with Crippen LogP contribution in [-0.2, 0) is 4.79 Å². The fourth-order valence-corrected chi connectivity index (χ4v) is 5.94. The van der Waals surface area contributed by atoms with Crippen LogP contribution in [0.25, 0.3) is 28.0 Å². The number of hydrogen-bond acceptors (Lipinski definition) is 9. The van der Waals surface area contributed by atoms with Crippen LogP contribution in [0.4, 0.5) is 0 Å². The number of methoxy groups -OCH3 is 1. The number of halogens is 2. The minimum absolute atomic E-state index is 0.211. The number of fused-ring (bicyclic) bond motifs is 6. The van der Waals surface area contributed by atoms with Crippen molar-refractivity contribution in [2.75, 3.05) is 7.11 Å². The van der Waals surface area contributed by atoms with Gasteiger partial charge in [0.2, 0.25) is 5.88 Å².